The fourth-order valence-corrected chi connectivity index (χ4v) is 2.67. The van der Waals surface area contributed by atoms with Crippen LogP contribution in [-0.2, 0) is 22.6 Å². The zero-order chi connectivity index (χ0) is 16.7. The summed E-state index contributed by atoms with van der Waals surface area (Å²) >= 11 is 0. The zero-order valence-electron chi connectivity index (χ0n) is 14.5. The Morgan fingerprint density at radius 2 is 1.84 bits per heavy atom. The number of amides is 1. The first-order valence-corrected chi connectivity index (χ1v) is 8.09. The van der Waals surface area contributed by atoms with Crippen molar-refractivity contribution in [2.24, 2.45) is 5.73 Å². The molecule has 0 saturated carbocycles. The van der Waals surface area contributed by atoms with Crippen LogP contribution in [0.25, 0.3) is 0 Å². The van der Waals surface area contributed by atoms with Crippen molar-refractivity contribution in [3.05, 3.63) is 35.4 Å². The molecule has 4 N–H and O–H groups in total. The van der Waals surface area contributed by atoms with E-state index < -0.39 is 6.04 Å². The molecule has 1 heterocycles. The van der Waals surface area contributed by atoms with E-state index in [4.69, 9.17) is 10.5 Å². The second-order valence-electron chi connectivity index (χ2n) is 6.10. The van der Waals surface area contributed by atoms with E-state index in [0.717, 1.165) is 38.0 Å². The molecule has 144 valence electrons. The normalized spacial score (nSPS) is 16.4. The molecule has 1 aromatic carbocycles. The lowest BCUT2D eigenvalue weighted by atomic mass is 10.1. The Morgan fingerprint density at radius 1 is 1.28 bits per heavy atom. The highest BCUT2D eigenvalue weighted by Crippen LogP contribution is 2.14. The lowest BCUT2D eigenvalue weighted by Gasteiger charge is -2.29. The van der Waals surface area contributed by atoms with Gasteiger partial charge >= 0.3 is 0 Å². The summed E-state index contributed by atoms with van der Waals surface area (Å²) in [6.45, 7) is 3.46. The Kier molecular flexibility index (Phi) is 12.0. The Bertz CT molecular complexity index is 494. The molecule has 1 aromatic rings. The summed E-state index contributed by atoms with van der Waals surface area (Å²) in [6, 6.07) is 7.59. The van der Waals surface area contributed by atoms with E-state index in [1.54, 1.807) is 0 Å². The minimum Gasteiger partial charge on any atom is -0.393 e. The van der Waals surface area contributed by atoms with Crippen molar-refractivity contribution < 1.29 is 14.6 Å². The Hall–Kier alpha value is -0.890. The van der Waals surface area contributed by atoms with E-state index >= 15 is 0 Å². The number of nitrogens with zero attached hydrogens (tertiary/aromatic N) is 1. The number of piperidine rings is 1. The van der Waals surface area contributed by atoms with Gasteiger partial charge in [0, 0.05) is 33.3 Å². The van der Waals surface area contributed by atoms with E-state index in [-0.39, 0.29) is 43.4 Å². The Morgan fingerprint density at radius 3 is 2.40 bits per heavy atom. The summed E-state index contributed by atoms with van der Waals surface area (Å²) in [7, 11) is 1.52. The number of likely N-dealkylation sites (tertiary alicyclic amines) is 1. The summed E-state index contributed by atoms with van der Waals surface area (Å²) in [5, 5.41) is 12.3. The molecule has 0 spiro atoms. The first-order chi connectivity index (χ1) is 11.1. The number of aliphatic hydroxyl groups excluding tert-OH is 1. The van der Waals surface area contributed by atoms with Crippen LogP contribution in [0.4, 0.5) is 0 Å². The number of benzene rings is 1. The molecule has 1 atom stereocenters. The topological polar surface area (TPSA) is 87.8 Å². The molecule has 0 aromatic heterocycles. The van der Waals surface area contributed by atoms with Crippen LogP contribution in [0.1, 0.15) is 24.0 Å². The maximum atomic E-state index is 11.7. The van der Waals surface area contributed by atoms with Crippen LogP contribution in [0.2, 0.25) is 0 Å². The predicted molar refractivity (Wildman–Crippen MR) is 103 cm³/mol. The Labute approximate surface area is 161 Å². The first kappa shape index (κ1) is 24.1. The number of hydrogen-bond acceptors (Lipinski definition) is 5. The molecule has 1 saturated heterocycles. The summed E-state index contributed by atoms with van der Waals surface area (Å²) < 4.78 is 4.87. The second-order valence-corrected chi connectivity index (χ2v) is 6.10. The lowest BCUT2D eigenvalue weighted by Crippen LogP contribution is -2.43. The van der Waals surface area contributed by atoms with Crippen LogP contribution < -0.4 is 11.1 Å². The molecule has 1 amide bonds. The van der Waals surface area contributed by atoms with Gasteiger partial charge in [0.05, 0.1) is 12.7 Å². The number of aliphatic hydroxyl groups is 1. The maximum Gasteiger partial charge on any atom is 0.239 e. The average molecular weight is 394 g/mol. The smallest absolute Gasteiger partial charge is 0.239 e. The molecule has 1 aliphatic heterocycles. The average Bonchev–Trinajstić information content (AvgIpc) is 2.56. The quantitative estimate of drug-likeness (QED) is 0.644. The summed E-state index contributed by atoms with van der Waals surface area (Å²) in [6.07, 6.45) is 1.57. The summed E-state index contributed by atoms with van der Waals surface area (Å²) in [5.41, 5.74) is 7.96. The third-order valence-corrected chi connectivity index (χ3v) is 4.14. The Balaban J connectivity index is 0.00000288. The third-order valence-electron chi connectivity index (χ3n) is 4.14. The molecule has 2 rings (SSSR count). The number of methoxy groups -OCH3 is 1. The van der Waals surface area contributed by atoms with Crippen LogP contribution in [-0.4, -0.2) is 54.9 Å². The maximum absolute atomic E-state index is 11.7. The summed E-state index contributed by atoms with van der Waals surface area (Å²) in [4.78, 5) is 14.1. The standard InChI is InChI=1S/C17H27N3O3.2ClH/c1-23-12-16(18)17(22)19-10-13-2-4-14(5-3-13)11-20-8-6-15(21)7-9-20;;/h2-5,15-16,21H,6-12,18H2,1H3,(H,19,22);2*1H. The van der Waals surface area contributed by atoms with Crippen molar-refractivity contribution in [2.75, 3.05) is 26.8 Å². The van der Waals surface area contributed by atoms with Gasteiger partial charge in [0.2, 0.25) is 5.91 Å². The zero-order valence-corrected chi connectivity index (χ0v) is 16.2. The SMILES string of the molecule is COCC(N)C(=O)NCc1ccc(CN2CCC(O)CC2)cc1.Cl.Cl. The fourth-order valence-electron chi connectivity index (χ4n) is 2.67. The van der Waals surface area contributed by atoms with Gasteiger partial charge in [0.15, 0.2) is 0 Å². The number of halogens is 2. The van der Waals surface area contributed by atoms with Gasteiger partial charge in [-0.2, -0.15) is 0 Å². The molecule has 0 bridgehead atoms. The van der Waals surface area contributed by atoms with Crippen molar-refractivity contribution in [1.82, 2.24) is 10.2 Å². The third kappa shape index (κ3) is 8.35. The molecule has 1 unspecified atom stereocenters. The summed E-state index contributed by atoms with van der Waals surface area (Å²) in [5.74, 6) is -0.206. The first-order valence-electron chi connectivity index (χ1n) is 8.09. The van der Waals surface area contributed by atoms with Gasteiger partial charge in [-0.3, -0.25) is 9.69 Å². The van der Waals surface area contributed by atoms with Gasteiger partial charge in [-0.25, -0.2) is 0 Å². The largest absolute Gasteiger partial charge is 0.393 e. The van der Waals surface area contributed by atoms with Gasteiger partial charge in [0.1, 0.15) is 6.04 Å². The molecule has 6 nitrogen and oxygen atoms in total. The van der Waals surface area contributed by atoms with Crippen molar-refractivity contribution in [2.45, 2.75) is 38.1 Å². The number of rotatable bonds is 7. The minimum absolute atomic E-state index is 0. The highest BCUT2D eigenvalue weighted by Gasteiger charge is 2.17. The van der Waals surface area contributed by atoms with E-state index in [1.807, 2.05) is 12.1 Å². The van der Waals surface area contributed by atoms with E-state index in [9.17, 15) is 9.90 Å². The number of ether oxygens (including phenoxy) is 1. The predicted octanol–water partition coefficient (Wildman–Crippen LogP) is 1.08. The van der Waals surface area contributed by atoms with Crippen molar-refractivity contribution in [3.63, 3.8) is 0 Å². The van der Waals surface area contributed by atoms with Gasteiger partial charge in [-0.1, -0.05) is 24.3 Å². The van der Waals surface area contributed by atoms with Crippen LogP contribution in [0.3, 0.4) is 0 Å². The highest BCUT2D eigenvalue weighted by molar-refractivity contribution is 5.85. The van der Waals surface area contributed by atoms with E-state index in [1.165, 1.54) is 12.7 Å². The van der Waals surface area contributed by atoms with Crippen LogP contribution in [0.5, 0.6) is 0 Å². The molecule has 8 heteroatoms. The molecular formula is C17H29Cl2N3O3. The molecule has 1 aliphatic rings. The highest BCUT2D eigenvalue weighted by atomic mass is 35.5. The number of nitrogens with one attached hydrogen (secondary N) is 1. The van der Waals surface area contributed by atoms with E-state index in [0.29, 0.717) is 6.54 Å². The van der Waals surface area contributed by atoms with Crippen LogP contribution in [0, 0.1) is 0 Å². The molecule has 0 aliphatic carbocycles. The molecule has 25 heavy (non-hydrogen) atoms. The monoisotopic (exact) mass is 393 g/mol. The lowest BCUT2D eigenvalue weighted by molar-refractivity contribution is -0.123. The number of hydrogen-bond donors (Lipinski definition) is 3. The molecule has 1 fully saturated rings. The van der Waals surface area contributed by atoms with Crippen LogP contribution in [0.15, 0.2) is 24.3 Å². The second kappa shape index (κ2) is 12.5. The molecular weight excluding hydrogens is 365 g/mol. The number of nitrogens with two attached hydrogens (primary N) is 1. The van der Waals surface area contributed by atoms with Gasteiger partial charge in [-0.05, 0) is 24.0 Å². The fraction of sp³-hybridized carbons (Fsp3) is 0.588. The van der Waals surface area contributed by atoms with Gasteiger partial charge < -0.3 is 20.9 Å². The van der Waals surface area contributed by atoms with Crippen molar-refractivity contribution in [1.29, 1.82) is 0 Å². The van der Waals surface area contributed by atoms with Crippen molar-refractivity contribution >= 4 is 30.7 Å². The minimum atomic E-state index is -0.631. The number of carbonyl (C=O) groups is 1. The van der Waals surface area contributed by atoms with Gasteiger partial charge in [0.25, 0.3) is 0 Å². The molecule has 0 radical (unpaired) electrons. The van der Waals surface area contributed by atoms with Crippen LogP contribution >= 0.6 is 24.8 Å². The van der Waals surface area contributed by atoms with E-state index in [2.05, 4.69) is 22.3 Å². The number of carbonyl (C=O) groups excluding carboxylic acids is 1. The van der Waals surface area contributed by atoms with Gasteiger partial charge in [-0.15, -0.1) is 24.8 Å². The van der Waals surface area contributed by atoms with Crippen molar-refractivity contribution in [3.8, 4) is 0 Å².